The minimum Gasteiger partial charge on any atom is -0.369 e. The number of carbonyl (C=O) groups is 1. The summed E-state index contributed by atoms with van der Waals surface area (Å²) in [5, 5.41) is 2.99. The van der Waals surface area contributed by atoms with Gasteiger partial charge in [-0.3, -0.25) is 4.79 Å². The number of carbonyl (C=O) groups excluding carboxylic acids is 1. The summed E-state index contributed by atoms with van der Waals surface area (Å²) in [6.07, 6.45) is 0. The van der Waals surface area contributed by atoms with Crippen molar-refractivity contribution in [2.75, 3.05) is 6.54 Å². The third-order valence-electron chi connectivity index (χ3n) is 2.49. The van der Waals surface area contributed by atoms with E-state index in [4.69, 9.17) is 5.73 Å². The molecule has 1 amide bonds. The van der Waals surface area contributed by atoms with Crippen LogP contribution in [0, 0.1) is 13.8 Å². The largest absolute Gasteiger partial charge is 0.369 e. The molecule has 0 unspecified atom stereocenters. The second-order valence-corrected chi connectivity index (χ2v) is 3.53. The minimum atomic E-state index is -0.324. The van der Waals surface area contributed by atoms with Gasteiger partial charge in [0.1, 0.15) is 0 Å². The normalized spacial score (nSPS) is 10.5. The van der Waals surface area contributed by atoms with Crippen LogP contribution in [0.3, 0.4) is 0 Å². The van der Waals surface area contributed by atoms with Gasteiger partial charge in [-0.25, -0.2) is 0 Å². The molecule has 0 bridgehead atoms. The molecule has 14 heavy (non-hydrogen) atoms. The Balaban J connectivity index is 2.59. The van der Waals surface area contributed by atoms with Crippen LogP contribution in [0.2, 0.25) is 0 Å². The summed E-state index contributed by atoms with van der Waals surface area (Å²) in [5.74, 6) is -0.324. The number of aromatic nitrogens is 1. The van der Waals surface area contributed by atoms with Gasteiger partial charge in [-0.15, -0.1) is 0 Å². The van der Waals surface area contributed by atoms with E-state index in [-0.39, 0.29) is 12.5 Å². The minimum absolute atomic E-state index is 0.230. The molecule has 0 fully saturated rings. The molecular formula is C10H17N3O. The average Bonchev–Trinajstić information content (AvgIpc) is 2.33. The van der Waals surface area contributed by atoms with Gasteiger partial charge in [0.15, 0.2) is 0 Å². The highest BCUT2D eigenvalue weighted by Crippen LogP contribution is 2.12. The Hall–Kier alpha value is -1.29. The van der Waals surface area contributed by atoms with E-state index < -0.39 is 0 Å². The zero-order valence-electron chi connectivity index (χ0n) is 8.92. The van der Waals surface area contributed by atoms with Gasteiger partial charge in [0.05, 0.1) is 6.54 Å². The predicted molar refractivity (Wildman–Crippen MR) is 55.8 cm³/mol. The lowest BCUT2D eigenvalue weighted by atomic mass is 10.2. The number of nitrogens with two attached hydrogens (primary N) is 1. The van der Waals surface area contributed by atoms with Crippen molar-refractivity contribution in [3.63, 3.8) is 0 Å². The standard InChI is InChI=1S/C10H17N3O/c1-7-4-9(8(2)13(7)3)5-12-6-10(11)14/h4,12H,5-6H2,1-3H3,(H2,11,14). The molecule has 0 aliphatic rings. The second-order valence-electron chi connectivity index (χ2n) is 3.53. The summed E-state index contributed by atoms with van der Waals surface area (Å²) in [4.78, 5) is 10.5. The topological polar surface area (TPSA) is 60.0 Å². The lowest BCUT2D eigenvalue weighted by Gasteiger charge is -2.03. The first-order chi connectivity index (χ1) is 6.52. The monoisotopic (exact) mass is 195 g/mol. The maximum Gasteiger partial charge on any atom is 0.231 e. The van der Waals surface area contributed by atoms with Crippen molar-refractivity contribution in [3.8, 4) is 0 Å². The van der Waals surface area contributed by atoms with Gasteiger partial charge in [-0.2, -0.15) is 0 Å². The molecule has 0 saturated heterocycles. The number of amides is 1. The van der Waals surface area contributed by atoms with Crippen molar-refractivity contribution in [3.05, 3.63) is 23.0 Å². The lowest BCUT2D eigenvalue weighted by Crippen LogP contribution is -2.28. The fraction of sp³-hybridized carbons (Fsp3) is 0.500. The predicted octanol–water partition coefficient (Wildman–Crippen LogP) is 0.217. The first-order valence-corrected chi connectivity index (χ1v) is 4.63. The van der Waals surface area contributed by atoms with E-state index in [9.17, 15) is 4.79 Å². The highest BCUT2D eigenvalue weighted by molar-refractivity contribution is 5.75. The van der Waals surface area contributed by atoms with Crippen LogP contribution >= 0.6 is 0 Å². The Morgan fingerprint density at radius 1 is 1.57 bits per heavy atom. The molecule has 4 nitrogen and oxygen atoms in total. The summed E-state index contributed by atoms with van der Waals surface area (Å²) in [6, 6.07) is 2.11. The summed E-state index contributed by atoms with van der Waals surface area (Å²) >= 11 is 0. The summed E-state index contributed by atoms with van der Waals surface area (Å²) in [6.45, 7) is 5.04. The molecule has 0 aliphatic carbocycles. The Morgan fingerprint density at radius 3 is 2.64 bits per heavy atom. The fourth-order valence-electron chi connectivity index (χ4n) is 1.43. The van der Waals surface area contributed by atoms with Crippen LogP contribution in [0.15, 0.2) is 6.07 Å². The Labute approximate surface area is 84.1 Å². The van der Waals surface area contributed by atoms with Crippen LogP contribution in [0.1, 0.15) is 17.0 Å². The van der Waals surface area contributed by atoms with Crippen molar-refractivity contribution in [1.82, 2.24) is 9.88 Å². The van der Waals surface area contributed by atoms with Gasteiger partial charge < -0.3 is 15.6 Å². The maximum absolute atomic E-state index is 10.5. The molecule has 0 atom stereocenters. The van der Waals surface area contributed by atoms with Crippen molar-refractivity contribution >= 4 is 5.91 Å². The van der Waals surface area contributed by atoms with Gasteiger partial charge in [0, 0.05) is 25.0 Å². The Kier molecular flexibility index (Phi) is 3.30. The van der Waals surface area contributed by atoms with E-state index in [1.807, 2.05) is 7.05 Å². The molecule has 1 aromatic heterocycles. The van der Waals surface area contributed by atoms with Crippen LogP contribution in [0.4, 0.5) is 0 Å². The van der Waals surface area contributed by atoms with E-state index >= 15 is 0 Å². The molecular weight excluding hydrogens is 178 g/mol. The quantitative estimate of drug-likeness (QED) is 0.722. The summed E-state index contributed by atoms with van der Waals surface area (Å²) < 4.78 is 2.13. The lowest BCUT2D eigenvalue weighted by molar-refractivity contribution is -0.117. The SMILES string of the molecule is Cc1cc(CNCC(N)=O)c(C)n1C. The molecule has 0 spiro atoms. The Bertz CT molecular complexity index is 341. The average molecular weight is 195 g/mol. The zero-order chi connectivity index (χ0) is 10.7. The number of nitrogens with zero attached hydrogens (tertiary/aromatic N) is 1. The molecule has 1 aromatic rings. The van der Waals surface area contributed by atoms with Gasteiger partial charge in [-0.1, -0.05) is 0 Å². The van der Waals surface area contributed by atoms with Crippen molar-refractivity contribution in [1.29, 1.82) is 0 Å². The van der Waals surface area contributed by atoms with Gasteiger partial charge in [0.25, 0.3) is 0 Å². The zero-order valence-corrected chi connectivity index (χ0v) is 8.92. The third-order valence-corrected chi connectivity index (χ3v) is 2.49. The van der Waals surface area contributed by atoms with E-state index in [2.05, 4.69) is 29.8 Å². The van der Waals surface area contributed by atoms with Crippen LogP contribution in [0.25, 0.3) is 0 Å². The molecule has 3 N–H and O–H groups in total. The number of rotatable bonds is 4. The maximum atomic E-state index is 10.5. The van der Waals surface area contributed by atoms with Crippen molar-refractivity contribution < 1.29 is 4.79 Å². The molecule has 78 valence electrons. The Morgan fingerprint density at radius 2 is 2.21 bits per heavy atom. The second kappa shape index (κ2) is 4.28. The van der Waals surface area contributed by atoms with Gasteiger partial charge in [0.2, 0.25) is 5.91 Å². The highest BCUT2D eigenvalue weighted by Gasteiger charge is 2.05. The van der Waals surface area contributed by atoms with Crippen molar-refractivity contribution in [2.24, 2.45) is 12.8 Å². The summed E-state index contributed by atoms with van der Waals surface area (Å²) in [7, 11) is 2.03. The number of nitrogens with one attached hydrogen (secondary N) is 1. The van der Waals surface area contributed by atoms with E-state index in [1.165, 1.54) is 17.0 Å². The first-order valence-electron chi connectivity index (χ1n) is 4.63. The van der Waals surface area contributed by atoms with E-state index in [0.717, 1.165) is 0 Å². The highest BCUT2D eigenvalue weighted by atomic mass is 16.1. The van der Waals surface area contributed by atoms with E-state index in [0.29, 0.717) is 6.54 Å². The molecule has 1 heterocycles. The van der Waals surface area contributed by atoms with E-state index in [1.54, 1.807) is 0 Å². The molecule has 1 rings (SSSR count). The summed E-state index contributed by atoms with van der Waals surface area (Å²) in [5.41, 5.74) is 8.68. The molecule has 0 radical (unpaired) electrons. The smallest absolute Gasteiger partial charge is 0.231 e. The van der Waals surface area contributed by atoms with Crippen LogP contribution in [0.5, 0.6) is 0 Å². The number of aryl methyl sites for hydroxylation is 1. The fourth-order valence-corrected chi connectivity index (χ4v) is 1.43. The number of hydrogen-bond donors (Lipinski definition) is 2. The number of hydrogen-bond acceptors (Lipinski definition) is 2. The van der Waals surface area contributed by atoms with Crippen LogP contribution < -0.4 is 11.1 Å². The van der Waals surface area contributed by atoms with Gasteiger partial charge in [-0.05, 0) is 25.5 Å². The van der Waals surface area contributed by atoms with Crippen molar-refractivity contribution in [2.45, 2.75) is 20.4 Å². The van der Waals surface area contributed by atoms with Crippen LogP contribution in [-0.4, -0.2) is 17.0 Å². The number of primary amides is 1. The molecule has 0 aliphatic heterocycles. The first kappa shape index (κ1) is 10.8. The van der Waals surface area contributed by atoms with Crippen LogP contribution in [-0.2, 0) is 18.4 Å². The van der Waals surface area contributed by atoms with Gasteiger partial charge >= 0.3 is 0 Å². The molecule has 4 heteroatoms. The third kappa shape index (κ3) is 2.35. The molecule has 0 saturated carbocycles. The molecule has 0 aromatic carbocycles.